The number of ether oxygens (including phenoxy) is 1. The van der Waals surface area contributed by atoms with Crippen molar-refractivity contribution in [3.63, 3.8) is 0 Å². The number of amides is 1. The van der Waals surface area contributed by atoms with Gasteiger partial charge in [0.05, 0.1) is 18.0 Å². The third-order valence-electron chi connectivity index (χ3n) is 3.35. The maximum absolute atomic E-state index is 11.7. The van der Waals surface area contributed by atoms with E-state index in [0.717, 1.165) is 12.8 Å². The van der Waals surface area contributed by atoms with E-state index in [1.165, 1.54) is 19.0 Å². The van der Waals surface area contributed by atoms with Crippen LogP contribution in [0.3, 0.4) is 0 Å². The van der Waals surface area contributed by atoms with Crippen molar-refractivity contribution >= 4 is 23.2 Å². The van der Waals surface area contributed by atoms with Crippen LogP contribution in [-0.4, -0.2) is 23.6 Å². The molecule has 0 saturated heterocycles. The molecule has 0 spiro atoms. The highest BCUT2D eigenvalue weighted by molar-refractivity contribution is 6.29. The van der Waals surface area contributed by atoms with Crippen LogP contribution in [-0.2, 0) is 9.53 Å². The van der Waals surface area contributed by atoms with Crippen LogP contribution in [0.5, 0.6) is 0 Å². The molecule has 19 heavy (non-hydrogen) atoms. The van der Waals surface area contributed by atoms with Gasteiger partial charge in [-0.05, 0) is 30.9 Å². The predicted octanol–water partition coefficient (Wildman–Crippen LogP) is 3.27. The van der Waals surface area contributed by atoms with Crippen molar-refractivity contribution in [3.05, 3.63) is 23.5 Å². The summed E-state index contributed by atoms with van der Waals surface area (Å²) in [7, 11) is 0. The maximum Gasteiger partial charge on any atom is 0.250 e. The molecular formula is C14H19ClN2O2. The van der Waals surface area contributed by atoms with E-state index >= 15 is 0 Å². The van der Waals surface area contributed by atoms with E-state index in [9.17, 15) is 4.79 Å². The van der Waals surface area contributed by atoms with Crippen molar-refractivity contribution in [2.24, 2.45) is 5.92 Å². The van der Waals surface area contributed by atoms with E-state index in [1.54, 1.807) is 12.1 Å². The van der Waals surface area contributed by atoms with Crippen molar-refractivity contribution in [3.8, 4) is 0 Å². The fourth-order valence-electron chi connectivity index (χ4n) is 2.37. The Morgan fingerprint density at radius 1 is 1.53 bits per heavy atom. The van der Waals surface area contributed by atoms with Crippen LogP contribution in [0.25, 0.3) is 0 Å². The molecule has 0 unspecified atom stereocenters. The minimum Gasteiger partial charge on any atom is -0.368 e. The second-order valence-electron chi connectivity index (χ2n) is 5.12. The van der Waals surface area contributed by atoms with E-state index < -0.39 is 0 Å². The highest BCUT2D eigenvalue weighted by Crippen LogP contribution is 2.25. The van der Waals surface area contributed by atoms with Crippen LogP contribution in [0.15, 0.2) is 18.3 Å². The maximum atomic E-state index is 11.7. The summed E-state index contributed by atoms with van der Waals surface area (Å²) in [5.41, 5.74) is 0.634. The molecule has 0 aliphatic heterocycles. The zero-order chi connectivity index (χ0) is 13.7. The predicted molar refractivity (Wildman–Crippen MR) is 75.2 cm³/mol. The van der Waals surface area contributed by atoms with Crippen LogP contribution in [0, 0.1) is 5.92 Å². The third kappa shape index (κ3) is 4.80. The van der Waals surface area contributed by atoms with Crippen LogP contribution >= 0.6 is 11.6 Å². The fraction of sp³-hybridized carbons (Fsp3) is 0.571. The molecule has 1 heterocycles. The largest absolute Gasteiger partial charge is 0.368 e. The Morgan fingerprint density at radius 2 is 2.37 bits per heavy atom. The first kappa shape index (κ1) is 14.3. The van der Waals surface area contributed by atoms with Crippen molar-refractivity contribution in [1.82, 2.24) is 4.98 Å². The van der Waals surface area contributed by atoms with Crippen molar-refractivity contribution in [1.29, 1.82) is 0 Å². The monoisotopic (exact) mass is 282 g/mol. The number of carbonyl (C=O) groups excluding carboxylic acids is 1. The molecule has 1 aromatic heterocycles. The molecule has 1 aliphatic carbocycles. The molecule has 1 N–H and O–H groups in total. The number of hydrogen-bond acceptors (Lipinski definition) is 3. The summed E-state index contributed by atoms with van der Waals surface area (Å²) in [5, 5.41) is 3.14. The number of anilines is 1. The van der Waals surface area contributed by atoms with Crippen molar-refractivity contribution in [2.75, 3.05) is 11.9 Å². The van der Waals surface area contributed by atoms with Crippen LogP contribution in [0.1, 0.15) is 32.6 Å². The average molecular weight is 283 g/mol. The topological polar surface area (TPSA) is 51.2 Å². The Morgan fingerprint density at radius 3 is 3.05 bits per heavy atom. The fourth-order valence-corrected chi connectivity index (χ4v) is 2.48. The number of halogens is 1. The Balaban J connectivity index is 1.73. The molecule has 1 aliphatic rings. The molecular weight excluding hydrogens is 264 g/mol. The van der Waals surface area contributed by atoms with Gasteiger partial charge in [0.15, 0.2) is 0 Å². The number of rotatable bonds is 4. The Kier molecular flexibility index (Phi) is 5.16. The zero-order valence-electron chi connectivity index (χ0n) is 11.1. The second kappa shape index (κ2) is 6.87. The molecule has 2 rings (SSSR count). The Bertz CT molecular complexity index is 422. The summed E-state index contributed by atoms with van der Waals surface area (Å²) in [5.74, 6) is 0.546. The van der Waals surface area contributed by atoms with E-state index in [0.29, 0.717) is 16.8 Å². The first-order valence-corrected chi connectivity index (χ1v) is 7.04. The Hall–Kier alpha value is -1.13. The van der Waals surface area contributed by atoms with E-state index in [-0.39, 0.29) is 18.6 Å². The van der Waals surface area contributed by atoms with E-state index in [2.05, 4.69) is 17.2 Å². The summed E-state index contributed by atoms with van der Waals surface area (Å²) in [6.45, 7) is 2.33. The molecule has 1 amide bonds. The number of nitrogens with one attached hydrogen (secondary N) is 1. The van der Waals surface area contributed by atoms with Crippen LogP contribution in [0.4, 0.5) is 5.69 Å². The summed E-state index contributed by atoms with van der Waals surface area (Å²) in [4.78, 5) is 15.6. The van der Waals surface area contributed by atoms with Gasteiger partial charge in [-0.15, -0.1) is 0 Å². The van der Waals surface area contributed by atoms with Gasteiger partial charge < -0.3 is 10.1 Å². The summed E-state index contributed by atoms with van der Waals surface area (Å²) in [6.07, 6.45) is 6.31. The highest BCUT2D eigenvalue weighted by Gasteiger charge is 2.20. The standard InChI is InChI=1S/C14H19ClN2O2/c1-10-3-2-4-12(7-10)19-9-14(18)17-11-5-6-13(15)16-8-11/h5-6,8,10,12H,2-4,7,9H2,1H3,(H,17,18)/t10-,12+/m0/s1. The van der Waals surface area contributed by atoms with Gasteiger partial charge in [0.1, 0.15) is 11.8 Å². The lowest BCUT2D eigenvalue weighted by Crippen LogP contribution is -2.26. The SMILES string of the molecule is C[C@H]1CCC[C@@H](OCC(=O)Nc2ccc(Cl)nc2)C1. The minimum absolute atomic E-state index is 0.0972. The molecule has 1 saturated carbocycles. The normalized spacial score (nSPS) is 23.1. The smallest absolute Gasteiger partial charge is 0.250 e. The first-order valence-electron chi connectivity index (χ1n) is 6.66. The lowest BCUT2D eigenvalue weighted by atomic mass is 9.89. The van der Waals surface area contributed by atoms with Gasteiger partial charge in [0.2, 0.25) is 5.91 Å². The number of carbonyl (C=O) groups is 1. The molecule has 1 aromatic rings. The van der Waals surface area contributed by atoms with Gasteiger partial charge in [0, 0.05) is 0 Å². The molecule has 0 radical (unpaired) electrons. The number of aromatic nitrogens is 1. The molecule has 0 bridgehead atoms. The zero-order valence-corrected chi connectivity index (χ0v) is 11.8. The Labute approximate surface area is 118 Å². The minimum atomic E-state index is -0.151. The number of hydrogen-bond donors (Lipinski definition) is 1. The molecule has 5 heteroatoms. The van der Waals surface area contributed by atoms with Crippen LogP contribution in [0.2, 0.25) is 5.15 Å². The van der Waals surface area contributed by atoms with Gasteiger partial charge in [-0.1, -0.05) is 31.4 Å². The lowest BCUT2D eigenvalue weighted by Gasteiger charge is -2.26. The lowest BCUT2D eigenvalue weighted by molar-refractivity contribution is -0.123. The van der Waals surface area contributed by atoms with Crippen LogP contribution < -0.4 is 5.32 Å². The molecule has 0 aromatic carbocycles. The summed E-state index contributed by atoms with van der Waals surface area (Å²) < 4.78 is 5.65. The number of pyridine rings is 1. The molecule has 1 fully saturated rings. The molecule has 2 atom stereocenters. The van der Waals surface area contributed by atoms with Gasteiger partial charge in [0.25, 0.3) is 0 Å². The van der Waals surface area contributed by atoms with Gasteiger partial charge in [-0.25, -0.2) is 4.98 Å². The molecule has 104 valence electrons. The van der Waals surface area contributed by atoms with E-state index in [4.69, 9.17) is 16.3 Å². The van der Waals surface area contributed by atoms with Crippen molar-refractivity contribution < 1.29 is 9.53 Å². The average Bonchev–Trinajstić information content (AvgIpc) is 2.39. The highest BCUT2D eigenvalue weighted by atomic mass is 35.5. The van der Waals surface area contributed by atoms with Gasteiger partial charge in [-0.3, -0.25) is 4.79 Å². The summed E-state index contributed by atoms with van der Waals surface area (Å²) in [6, 6.07) is 3.36. The first-order chi connectivity index (χ1) is 9.13. The summed E-state index contributed by atoms with van der Waals surface area (Å²) >= 11 is 5.68. The van der Waals surface area contributed by atoms with E-state index in [1.807, 2.05) is 0 Å². The molecule has 4 nitrogen and oxygen atoms in total. The van der Waals surface area contributed by atoms with Gasteiger partial charge in [-0.2, -0.15) is 0 Å². The third-order valence-corrected chi connectivity index (χ3v) is 3.57. The number of nitrogens with zero attached hydrogens (tertiary/aromatic N) is 1. The van der Waals surface area contributed by atoms with Gasteiger partial charge >= 0.3 is 0 Å². The second-order valence-corrected chi connectivity index (χ2v) is 5.51. The van der Waals surface area contributed by atoms with Crippen molar-refractivity contribution in [2.45, 2.75) is 38.7 Å². The quantitative estimate of drug-likeness (QED) is 0.862.